The van der Waals surface area contributed by atoms with Gasteiger partial charge in [-0.25, -0.2) is 9.78 Å². The van der Waals surface area contributed by atoms with Gasteiger partial charge in [0.2, 0.25) is 0 Å². The van der Waals surface area contributed by atoms with Crippen LogP contribution >= 0.6 is 11.3 Å². The molecular formula is C14H15NO2S. The molecule has 1 aromatic carbocycles. The summed E-state index contributed by atoms with van der Waals surface area (Å²) in [5.41, 5.74) is 2.60. The summed E-state index contributed by atoms with van der Waals surface area (Å²) >= 11 is 1.52. The Morgan fingerprint density at radius 1 is 1.33 bits per heavy atom. The van der Waals surface area contributed by atoms with E-state index in [0.717, 1.165) is 21.0 Å². The van der Waals surface area contributed by atoms with E-state index in [-0.39, 0.29) is 5.97 Å². The molecule has 0 atom stereocenters. The quantitative estimate of drug-likeness (QED) is 0.792. The topological polar surface area (TPSA) is 39.2 Å². The summed E-state index contributed by atoms with van der Waals surface area (Å²) < 4.78 is 5.05. The second-order valence-corrected chi connectivity index (χ2v) is 5.15. The average molecular weight is 261 g/mol. The summed E-state index contributed by atoms with van der Waals surface area (Å²) in [6, 6.07) is 7.98. The number of hydrogen-bond acceptors (Lipinski definition) is 4. The van der Waals surface area contributed by atoms with Crippen LogP contribution in [-0.4, -0.2) is 17.6 Å². The first kappa shape index (κ1) is 12.8. The molecule has 0 aliphatic carbocycles. The third kappa shape index (κ3) is 2.43. The lowest BCUT2D eigenvalue weighted by Gasteiger charge is -2.05. The van der Waals surface area contributed by atoms with E-state index in [1.54, 1.807) is 6.92 Å². The number of carbonyl (C=O) groups is 1. The van der Waals surface area contributed by atoms with E-state index in [1.807, 2.05) is 38.1 Å². The molecule has 1 aromatic heterocycles. The van der Waals surface area contributed by atoms with Crippen molar-refractivity contribution in [2.75, 3.05) is 6.61 Å². The molecule has 18 heavy (non-hydrogen) atoms. The zero-order valence-electron chi connectivity index (χ0n) is 10.7. The van der Waals surface area contributed by atoms with Crippen LogP contribution in [0.3, 0.4) is 0 Å². The maximum atomic E-state index is 11.9. The second-order valence-electron chi connectivity index (χ2n) is 3.95. The van der Waals surface area contributed by atoms with Crippen LogP contribution in [0.5, 0.6) is 0 Å². The van der Waals surface area contributed by atoms with Gasteiger partial charge in [0, 0.05) is 0 Å². The van der Waals surface area contributed by atoms with Crippen molar-refractivity contribution in [1.82, 2.24) is 4.98 Å². The van der Waals surface area contributed by atoms with Crippen molar-refractivity contribution in [2.45, 2.75) is 20.8 Å². The molecule has 0 amide bonds. The number of rotatable bonds is 3. The number of aromatic nitrogens is 1. The third-order valence-corrected chi connectivity index (χ3v) is 3.60. The molecule has 0 saturated heterocycles. The van der Waals surface area contributed by atoms with Crippen LogP contribution in [0, 0.1) is 13.8 Å². The van der Waals surface area contributed by atoms with E-state index in [2.05, 4.69) is 4.98 Å². The Kier molecular flexibility index (Phi) is 3.77. The number of benzene rings is 1. The van der Waals surface area contributed by atoms with Gasteiger partial charge in [0.15, 0.2) is 5.69 Å². The summed E-state index contributed by atoms with van der Waals surface area (Å²) in [6.07, 6.45) is 0. The van der Waals surface area contributed by atoms with Gasteiger partial charge in [-0.2, -0.15) is 0 Å². The zero-order valence-corrected chi connectivity index (χ0v) is 11.5. The van der Waals surface area contributed by atoms with Gasteiger partial charge in [0.25, 0.3) is 0 Å². The molecule has 0 aliphatic rings. The molecule has 0 fully saturated rings. The van der Waals surface area contributed by atoms with Crippen molar-refractivity contribution in [2.24, 2.45) is 0 Å². The fourth-order valence-electron chi connectivity index (χ4n) is 1.78. The predicted molar refractivity (Wildman–Crippen MR) is 73.0 cm³/mol. The summed E-state index contributed by atoms with van der Waals surface area (Å²) in [5, 5.41) is 0.872. The highest BCUT2D eigenvalue weighted by Gasteiger charge is 2.20. The van der Waals surface area contributed by atoms with Gasteiger partial charge in [0.05, 0.1) is 16.5 Å². The number of aryl methyl sites for hydroxylation is 2. The van der Waals surface area contributed by atoms with Crippen molar-refractivity contribution < 1.29 is 9.53 Å². The molecule has 2 rings (SSSR count). The summed E-state index contributed by atoms with van der Waals surface area (Å²) in [6.45, 7) is 6.08. The maximum Gasteiger partial charge on any atom is 0.358 e. The van der Waals surface area contributed by atoms with Crippen LogP contribution in [0.4, 0.5) is 0 Å². The lowest BCUT2D eigenvalue weighted by atomic mass is 10.1. The molecule has 2 aromatic rings. The minimum absolute atomic E-state index is 0.347. The van der Waals surface area contributed by atoms with E-state index < -0.39 is 0 Å². The predicted octanol–water partition coefficient (Wildman–Crippen LogP) is 3.60. The van der Waals surface area contributed by atoms with E-state index in [0.29, 0.717) is 12.3 Å². The van der Waals surface area contributed by atoms with Gasteiger partial charge < -0.3 is 4.74 Å². The highest BCUT2D eigenvalue weighted by atomic mass is 32.1. The number of hydrogen-bond donors (Lipinski definition) is 0. The summed E-state index contributed by atoms with van der Waals surface area (Å²) in [5.74, 6) is -0.347. The minimum Gasteiger partial charge on any atom is -0.461 e. The van der Waals surface area contributed by atoms with E-state index in [1.165, 1.54) is 11.3 Å². The van der Waals surface area contributed by atoms with Gasteiger partial charge in [-0.3, -0.25) is 0 Å². The van der Waals surface area contributed by atoms with E-state index in [4.69, 9.17) is 4.74 Å². The van der Waals surface area contributed by atoms with Crippen molar-refractivity contribution in [1.29, 1.82) is 0 Å². The maximum absolute atomic E-state index is 11.9. The minimum atomic E-state index is -0.347. The molecule has 0 saturated carbocycles. The van der Waals surface area contributed by atoms with Crippen LogP contribution in [-0.2, 0) is 4.74 Å². The third-order valence-electron chi connectivity index (χ3n) is 2.59. The Balaban J connectivity index is 2.51. The molecule has 0 aliphatic heterocycles. The normalized spacial score (nSPS) is 10.4. The molecule has 0 unspecified atom stereocenters. The average Bonchev–Trinajstić information content (AvgIpc) is 2.72. The number of esters is 1. The fraction of sp³-hybridized carbons (Fsp3) is 0.286. The zero-order chi connectivity index (χ0) is 13.1. The second kappa shape index (κ2) is 5.31. The Bertz CT molecular complexity index is 575. The van der Waals surface area contributed by atoms with Gasteiger partial charge in [0.1, 0.15) is 0 Å². The Morgan fingerprint density at radius 3 is 2.72 bits per heavy atom. The van der Waals surface area contributed by atoms with E-state index in [9.17, 15) is 4.79 Å². The van der Waals surface area contributed by atoms with Crippen molar-refractivity contribution in [3.8, 4) is 10.4 Å². The Morgan fingerprint density at radius 2 is 2.06 bits per heavy atom. The summed E-state index contributed by atoms with van der Waals surface area (Å²) in [7, 11) is 0. The van der Waals surface area contributed by atoms with Crippen molar-refractivity contribution in [3.63, 3.8) is 0 Å². The van der Waals surface area contributed by atoms with Crippen LogP contribution in [0.15, 0.2) is 24.3 Å². The monoisotopic (exact) mass is 261 g/mol. The van der Waals surface area contributed by atoms with Gasteiger partial charge in [-0.05, 0) is 31.9 Å². The molecule has 94 valence electrons. The SMILES string of the molecule is CCOC(=O)c1nc(C)sc1-c1ccccc1C. The van der Waals surface area contributed by atoms with Crippen LogP contribution < -0.4 is 0 Å². The highest BCUT2D eigenvalue weighted by molar-refractivity contribution is 7.15. The molecule has 4 heteroatoms. The lowest BCUT2D eigenvalue weighted by Crippen LogP contribution is -2.06. The van der Waals surface area contributed by atoms with Crippen LogP contribution in [0.25, 0.3) is 10.4 Å². The summed E-state index contributed by atoms with van der Waals surface area (Å²) in [4.78, 5) is 17.1. The highest BCUT2D eigenvalue weighted by Crippen LogP contribution is 2.32. The van der Waals surface area contributed by atoms with Gasteiger partial charge >= 0.3 is 5.97 Å². The van der Waals surface area contributed by atoms with Crippen LogP contribution in [0.2, 0.25) is 0 Å². The first-order chi connectivity index (χ1) is 8.63. The molecule has 0 bridgehead atoms. The number of ether oxygens (including phenoxy) is 1. The molecule has 0 radical (unpaired) electrons. The number of thiazole rings is 1. The number of carbonyl (C=O) groups excluding carboxylic acids is 1. The Labute approximate surface area is 110 Å². The molecule has 1 heterocycles. The molecule has 0 N–H and O–H groups in total. The van der Waals surface area contributed by atoms with Gasteiger partial charge in [-0.1, -0.05) is 24.3 Å². The van der Waals surface area contributed by atoms with Crippen molar-refractivity contribution >= 4 is 17.3 Å². The largest absolute Gasteiger partial charge is 0.461 e. The van der Waals surface area contributed by atoms with Crippen LogP contribution in [0.1, 0.15) is 28.0 Å². The first-order valence-electron chi connectivity index (χ1n) is 5.84. The smallest absolute Gasteiger partial charge is 0.358 e. The van der Waals surface area contributed by atoms with E-state index >= 15 is 0 Å². The Hall–Kier alpha value is -1.68. The number of nitrogens with zero attached hydrogens (tertiary/aromatic N) is 1. The first-order valence-corrected chi connectivity index (χ1v) is 6.65. The molecule has 3 nitrogen and oxygen atoms in total. The fourth-order valence-corrected chi connectivity index (χ4v) is 2.77. The van der Waals surface area contributed by atoms with Gasteiger partial charge in [-0.15, -0.1) is 11.3 Å². The standard InChI is InChI=1S/C14H15NO2S/c1-4-17-14(16)12-13(18-10(3)15-12)11-8-6-5-7-9(11)2/h5-8H,4H2,1-3H3. The van der Waals surface area contributed by atoms with Crippen molar-refractivity contribution in [3.05, 3.63) is 40.5 Å². The molecule has 0 spiro atoms. The lowest BCUT2D eigenvalue weighted by molar-refractivity contribution is 0.0521. The molecular weight excluding hydrogens is 246 g/mol.